The molecule has 31 heavy (non-hydrogen) atoms. The first-order chi connectivity index (χ1) is 14.5. The Morgan fingerprint density at radius 2 is 1.94 bits per heavy atom. The van der Waals surface area contributed by atoms with E-state index in [1.807, 2.05) is 0 Å². The average Bonchev–Trinajstić information content (AvgIpc) is 3.14. The van der Waals surface area contributed by atoms with Crippen LogP contribution in [-0.4, -0.2) is 64.7 Å². The van der Waals surface area contributed by atoms with Crippen molar-refractivity contribution < 1.29 is 38.5 Å². The van der Waals surface area contributed by atoms with Crippen LogP contribution in [0.5, 0.6) is 11.5 Å². The molecule has 0 aliphatic carbocycles. The monoisotopic (exact) mass is 456 g/mol. The number of aryl methyl sites for hydroxylation is 1. The SMILES string of the molecule is CSCC([C@H](N)C(=O)O)N(OC(=O)CCc1ccc2c(c1)OCO2)C(=O)OC(C)(C)C. The second-order valence-electron chi connectivity index (χ2n) is 7.84. The van der Waals surface area contributed by atoms with Crippen LogP contribution in [0.25, 0.3) is 0 Å². The van der Waals surface area contributed by atoms with E-state index < -0.39 is 35.7 Å². The van der Waals surface area contributed by atoms with Crippen molar-refractivity contribution in [3.63, 3.8) is 0 Å². The van der Waals surface area contributed by atoms with E-state index >= 15 is 0 Å². The number of hydrogen-bond acceptors (Lipinski definition) is 9. The Kier molecular flexibility index (Phi) is 8.40. The number of rotatable bonds is 8. The molecule has 10 nitrogen and oxygen atoms in total. The Bertz CT molecular complexity index is 811. The minimum atomic E-state index is -1.47. The summed E-state index contributed by atoms with van der Waals surface area (Å²) in [7, 11) is 0. The van der Waals surface area contributed by atoms with Crippen molar-refractivity contribution in [1.82, 2.24) is 5.06 Å². The number of nitrogens with two attached hydrogens (primary N) is 1. The fraction of sp³-hybridized carbons (Fsp3) is 0.550. The number of amides is 1. The predicted octanol–water partition coefficient (Wildman–Crippen LogP) is 2.19. The average molecular weight is 457 g/mol. The van der Waals surface area contributed by atoms with Gasteiger partial charge in [-0.2, -0.15) is 11.8 Å². The summed E-state index contributed by atoms with van der Waals surface area (Å²) in [5, 5.41) is 9.97. The van der Waals surface area contributed by atoms with Crippen LogP contribution in [0.1, 0.15) is 32.8 Å². The number of fused-ring (bicyclic) bond motifs is 1. The van der Waals surface area contributed by atoms with Crippen LogP contribution >= 0.6 is 11.8 Å². The van der Waals surface area contributed by atoms with E-state index in [9.17, 15) is 19.5 Å². The van der Waals surface area contributed by atoms with Crippen LogP contribution in [0.15, 0.2) is 18.2 Å². The Labute approximate surface area is 184 Å². The molecular formula is C20H28N2O8S. The van der Waals surface area contributed by atoms with Crippen LogP contribution in [0.4, 0.5) is 4.79 Å². The van der Waals surface area contributed by atoms with Crippen molar-refractivity contribution in [2.75, 3.05) is 18.8 Å². The zero-order valence-corrected chi connectivity index (χ0v) is 18.8. The largest absolute Gasteiger partial charge is 0.480 e. The van der Waals surface area contributed by atoms with Crippen molar-refractivity contribution >= 4 is 29.8 Å². The lowest BCUT2D eigenvalue weighted by atomic mass is 10.1. The molecule has 1 aliphatic heterocycles. The third-order valence-corrected chi connectivity index (χ3v) is 4.84. The quantitative estimate of drug-likeness (QED) is 0.560. The number of hydroxylamine groups is 2. The van der Waals surface area contributed by atoms with E-state index in [1.165, 1.54) is 11.8 Å². The van der Waals surface area contributed by atoms with Gasteiger partial charge in [0, 0.05) is 5.75 Å². The molecule has 0 bridgehead atoms. The number of carboxylic acid groups (broad SMARTS) is 1. The molecule has 0 saturated heterocycles. The number of aliphatic carboxylic acids is 1. The van der Waals surface area contributed by atoms with Gasteiger partial charge in [-0.05, 0) is 51.1 Å². The highest BCUT2D eigenvalue weighted by molar-refractivity contribution is 7.98. The van der Waals surface area contributed by atoms with Crippen LogP contribution in [0.2, 0.25) is 0 Å². The zero-order chi connectivity index (χ0) is 23.2. The highest BCUT2D eigenvalue weighted by Gasteiger charge is 2.38. The molecule has 11 heteroatoms. The molecule has 1 aromatic rings. The fourth-order valence-corrected chi connectivity index (χ4v) is 3.38. The normalized spacial score (nSPS) is 14.5. The van der Waals surface area contributed by atoms with E-state index in [1.54, 1.807) is 45.2 Å². The van der Waals surface area contributed by atoms with Crippen LogP contribution in [0, 0.1) is 0 Å². The minimum Gasteiger partial charge on any atom is -0.480 e. The maximum absolute atomic E-state index is 12.7. The van der Waals surface area contributed by atoms with Crippen LogP contribution in [0.3, 0.4) is 0 Å². The lowest BCUT2D eigenvalue weighted by Crippen LogP contribution is -2.56. The molecule has 0 spiro atoms. The molecule has 2 atom stereocenters. The third-order valence-electron chi connectivity index (χ3n) is 4.17. The molecule has 1 aromatic carbocycles. The first-order valence-electron chi connectivity index (χ1n) is 9.60. The lowest BCUT2D eigenvalue weighted by Gasteiger charge is -2.33. The van der Waals surface area contributed by atoms with Crippen LogP contribution < -0.4 is 15.2 Å². The van der Waals surface area contributed by atoms with Crippen molar-refractivity contribution in [1.29, 1.82) is 0 Å². The predicted molar refractivity (Wildman–Crippen MR) is 113 cm³/mol. The number of carbonyl (C=O) groups is 3. The van der Waals surface area contributed by atoms with Crippen molar-refractivity contribution in [2.45, 2.75) is 51.3 Å². The van der Waals surface area contributed by atoms with Gasteiger partial charge in [0.2, 0.25) is 6.79 Å². The Morgan fingerprint density at radius 1 is 1.26 bits per heavy atom. The van der Waals surface area contributed by atoms with E-state index in [4.69, 9.17) is 24.8 Å². The van der Waals surface area contributed by atoms with Gasteiger partial charge in [0.15, 0.2) is 11.5 Å². The highest BCUT2D eigenvalue weighted by atomic mass is 32.2. The van der Waals surface area contributed by atoms with Gasteiger partial charge < -0.3 is 29.9 Å². The van der Waals surface area contributed by atoms with Gasteiger partial charge in [-0.3, -0.25) is 4.79 Å². The van der Waals surface area contributed by atoms with Gasteiger partial charge in [-0.1, -0.05) is 6.07 Å². The molecule has 0 aromatic heterocycles. The Balaban J connectivity index is 2.11. The van der Waals surface area contributed by atoms with Gasteiger partial charge in [0.1, 0.15) is 17.7 Å². The molecule has 0 saturated carbocycles. The summed E-state index contributed by atoms with van der Waals surface area (Å²) >= 11 is 1.26. The standard InChI is InChI=1S/C20H28N2O8S/c1-20(2,3)29-19(26)22(13(10-31-4)17(21)18(24)25)30-16(23)8-6-12-5-7-14-15(9-12)28-11-27-14/h5,7,9,13,17H,6,8,10-11,21H2,1-4H3,(H,24,25)/t13?,17-/m0/s1. The van der Waals surface area contributed by atoms with Crippen molar-refractivity contribution in [2.24, 2.45) is 5.73 Å². The van der Waals surface area contributed by atoms with E-state index in [0.717, 1.165) is 5.56 Å². The number of thioether (sulfide) groups is 1. The summed E-state index contributed by atoms with van der Waals surface area (Å²) in [6, 6.07) is 2.72. The third kappa shape index (κ3) is 7.21. The molecule has 0 fully saturated rings. The zero-order valence-electron chi connectivity index (χ0n) is 18.0. The van der Waals surface area contributed by atoms with E-state index in [2.05, 4.69) is 0 Å². The molecule has 3 N–H and O–H groups in total. The van der Waals surface area contributed by atoms with Crippen molar-refractivity contribution in [3.05, 3.63) is 23.8 Å². The number of carbonyl (C=O) groups excluding carboxylic acids is 2. The summed E-state index contributed by atoms with van der Waals surface area (Å²) in [5.41, 5.74) is 5.69. The minimum absolute atomic E-state index is 0.0623. The Morgan fingerprint density at radius 3 is 2.55 bits per heavy atom. The smallest absolute Gasteiger partial charge is 0.444 e. The van der Waals surface area contributed by atoms with Gasteiger partial charge in [0.25, 0.3) is 0 Å². The van der Waals surface area contributed by atoms with Crippen LogP contribution in [-0.2, 0) is 25.6 Å². The maximum Gasteiger partial charge on any atom is 0.444 e. The summed E-state index contributed by atoms with van der Waals surface area (Å²) in [6.07, 6.45) is 0.985. The lowest BCUT2D eigenvalue weighted by molar-refractivity contribution is -0.195. The van der Waals surface area contributed by atoms with Gasteiger partial charge in [-0.15, -0.1) is 5.06 Å². The van der Waals surface area contributed by atoms with Crippen molar-refractivity contribution in [3.8, 4) is 11.5 Å². The number of carboxylic acids is 1. The summed E-state index contributed by atoms with van der Waals surface area (Å²) in [4.78, 5) is 41.9. The molecule has 2 rings (SSSR count). The molecular weight excluding hydrogens is 428 g/mol. The molecule has 172 valence electrons. The maximum atomic E-state index is 12.7. The Hall–Kier alpha value is -2.66. The second-order valence-corrected chi connectivity index (χ2v) is 8.75. The van der Waals surface area contributed by atoms with Gasteiger partial charge >= 0.3 is 18.0 Å². The number of hydrogen-bond donors (Lipinski definition) is 2. The molecule has 1 heterocycles. The summed E-state index contributed by atoms with van der Waals surface area (Å²) in [5.74, 6) is -0.711. The number of benzene rings is 1. The molecule has 1 aliphatic rings. The molecule has 0 radical (unpaired) electrons. The van der Waals surface area contributed by atoms with E-state index in [-0.39, 0.29) is 19.0 Å². The summed E-state index contributed by atoms with van der Waals surface area (Å²) in [6.45, 7) is 5.08. The first kappa shape index (κ1) is 24.6. The summed E-state index contributed by atoms with van der Waals surface area (Å²) < 4.78 is 15.9. The topological polar surface area (TPSA) is 138 Å². The fourth-order valence-electron chi connectivity index (χ4n) is 2.70. The first-order valence-corrected chi connectivity index (χ1v) is 11.0. The highest BCUT2D eigenvalue weighted by Crippen LogP contribution is 2.32. The van der Waals surface area contributed by atoms with Gasteiger partial charge in [0.05, 0.1) is 6.42 Å². The number of ether oxygens (including phenoxy) is 3. The molecule has 1 unspecified atom stereocenters. The number of nitrogens with zero attached hydrogens (tertiary/aromatic N) is 1. The van der Waals surface area contributed by atoms with E-state index in [0.29, 0.717) is 23.0 Å². The second kappa shape index (κ2) is 10.6. The molecule has 1 amide bonds. The van der Waals surface area contributed by atoms with Gasteiger partial charge in [-0.25, -0.2) is 9.59 Å².